The number of hydrogen-bond donors (Lipinski definition) is 2. The fourth-order valence-electron chi connectivity index (χ4n) is 1.70. The minimum Gasteiger partial charge on any atom is -0.481 e. The van der Waals surface area contributed by atoms with E-state index in [9.17, 15) is 13.2 Å². The Hall–Kier alpha value is -1.86. The zero-order chi connectivity index (χ0) is 15.7. The van der Waals surface area contributed by atoms with Crippen LogP contribution in [-0.4, -0.2) is 19.5 Å². The first kappa shape index (κ1) is 15.5. The zero-order valence-electron chi connectivity index (χ0n) is 11.5. The average molecular weight is 325 g/mol. The Morgan fingerprint density at radius 3 is 2.29 bits per heavy atom. The van der Waals surface area contributed by atoms with E-state index in [1.54, 1.807) is 49.6 Å². The molecule has 2 aromatic rings. The van der Waals surface area contributed by atoms with E-state index in [1.807, 2.05) is 0 Å². The van der Waals surface area contributed by atoms with E-state index in [0.29, 0.717) is 11.3 Å². The second kappa shape index (κ2) is 5.50. The number of aliphatic carboxylic acids is 1. The van der Waals surface area contributed by atoms with E-state index < -0.39 is 21.4 Å². The minimum absolute atomic E-state index is 0.234. The van der Waals surface area contributed by atoms with Crippen LogP contribution in [0, 0.1) is 0 Å². The molecule has 0 aliphatic carbocycles. The van der Waals surface area contributed by atoms with Crippen LogP contribution in [0.1, 0.15) is 19.4 Å². The monoisotopic (exact) mass is 325 g/mol. The first-order valence-electron chi connectivity index (χ1n) is 6.14. The number of rotatable bonds is 5. The van der Waals surface area contributed by atoms with Gasteiger partial charge in [0, 0.05) is 5.69 Å². The highest BCUT2D eigenvalue weighted by Crippen LogP contribution is 2.26. The SMILES string of the molecule is CC(C)(C(=O)O)c1ccc(NS(=O)(=O)c2cccs2)cc1. The maximum atomic E-state index is 12.1. The molecule has 0 spiro atoms. The largest absolute Gasteiger partial charge is 0.481 e. The highest BCUT2D eigenvalue weighted by Gasteiger charge is 2.29. The first-order valence-corrected chi connectivity index (χ1v) is 8.50. The minimum atomic E-state index is -3.58. The van der Waals surface area contributed by atoms with Gasteiger partial charge in [0.1, 0.15) is 4.21 Å². The second-order valence-electron chi connectivity index (χ2n) is 5.05. The molecule has 2 rings (SSSR count). The number of carboxylic acids is 1. The summed E-state index contributed by atoms with van der Waals surface area (Å²) in [6.45, 7) is 3.19. The molecule has 21 heavy (non-hydrogen) atoms. The van der Waals surface area contributed by atoms with E-state index in [1.165, 1.54) is 6.07 Å². The van der Waals surface area contributed by atoms with Crippen molar-refractivity contribution in [3.8, 4) is 0 Å². The fraction of sp³-hybridized carbons (Fsp3) is 0.214. The summed E-state index contributed by atoms with van der Waals surface area (Å²) in [5, 5.41) is 10.9. The van der Waals surface area contributed by atoms with Gasteiger partial charge in [-0.05, 0) is 43.0 Å². The number of anilines is 1. The highest BCUT2D eigenvalue weighted by molar-refractivity contribution is 7.94. The maximum Gasteiger partial charge on any atom is 0.313 e. The van der Waals surface area contributed by atoms with Gasteiger partial charge in [-0.3, -0.25) is 9.52 Å². The lowest BCUT2D eigenvalue weighted by Crippen LogP contribution is -2.28. The molecule has 0 aliphatic rings. The number of benzene rings is 1. The van der Waals surface area contributed by atoms with Crippen molar-refractivity contribution in [2.24, 2.45) is 0 Å². The van der Waals surface area contributed by atoms with Gasteiger partial charge in [0.2, 0.25) is 0 Å². The molecule has 1 heterocycles. The zero-order valence-corrected chi connectivity index (χ0v) is 13.2. The Kier molecular flexibility index (Phi) is 4.06. The molecule has 0 fully saturated rings. The van der Waals surface area contributed by atoms with Gasteiger partial charge in [0.05, 0.1) is 5.41 Å². The van der Waals surface area contributed by atoms with Crippen molar-refractivity contribution in [1.82, 2.24) is 0 Å². The van der Waals surface area contributed by atoms with E-state index in [-0.39, 0.29) is 4.21 Å². The summed E-state index contributed by atoms with van der Waals surface area (Å²) in [4.78, 5) is 11.2. The summed E-state index contributed by atoms with van der Waals surface area (Å²) in [6.07, 6.45) is 0. The van der Waals surface area contributed by atoms with E-state index in [4.69, 9.17) is 5.11 Å². The van der Waals surface area contributed by atoms with Gasteiger partial charge < -0.3 is 5.11 Å². The molecule has 0 saturated heterocycles. The van der Waals surface area contributed by atoms with Crippen molar-refractivity contribution >= 4 is 33.0 Å². The molecular weight excluding hydrogens is 310 g/mol. The van der Waals surface area contributed by atoms with Gasteiger partial charge in [-0.15, -0.1) is 11.3 Å². The van der Waals surface area contributed by atoms with Crippen LogP contribution in [0.15, 0.2) is 46.0 Å². The Balaban J connectivity index is 2.23. The Labute approximate surface area is 127 Å². The summed E-state index contributed by atoms with van der Waals surface area (Å²) in [7, 11) is -3.58. The lowest BCUT2D eigenvalue weighted by Gasteiger charge is -2.19. The van der Waals surface area contributed by atoms with Crippen LogP contribution >= 0.6 is 11.3 Å². The van der Waals surface area contributed by atoms with Crippen LogP contribution < -0.4 is 4.72 Å². The first-order chi connectivity index (χ1) is 9.73. The van der Waals surface area contributed by atoms with E-state index in [2.05, 4.69) is 4.72 Å². The Bertz CT molecular complexity index is 732. The predicted molar refractivity (Wildman–Crippen MR) is 82.2 cm³/mol. The summed E-state index contributed by atoms with van der Waals surface area (Å²) in [5.41, 5.74) is -0.0204. The molecule has 2 N–H and O–H groups in total. The topological polar surface area (TPSA) is 83.5 Å². The fourth-order valence-corrected chi connectivity index (χ4v) is 3.75. The molecule has 0 unspecified atom stereocenters. The maximum absolute atomic E-state index is 12.1. The van der Waals surface area contributed by atoms with E-state index in [0.717, 1.165) is 11.3 Å². The molecule has 1 aromatic heterocycles. The summed E-state index contributed by atoms with van der Waals surface area (Å²) >= 11 is 1.13. The van der Waals surface area contributed by atoms with Crippen molar-refractivity contribution in [2.45, 2.75) is 23.5 Å². The third kappa shape index (κ3) is 3.25. The number of hydrogen-bond acceptors (Lipinski definition) is 4. The standard InChI is InChI=1S/C14H15NO4S2/c1-14(2,13(16)17)10-5-7-11(8-6-10)15-21(18,19)12-4-3-9-20-12/h3-9,15H,1-2H3,(H,16,17). The lowest BCUT2D eigenvalue weighted by atomic mass is 9.85. The molecule has 0 saturated carbocycles. The van der Waals surface area contributed by atoms with Crippen LogP contribution in [0.5, 0.6) is 0 Å². The summed E-state index contributed by atoms with van der Waals surface area (Å²) in [5.74, 6) is -0.936. The van der Waals surface area contributed by atoms with Crippen LogP contribution in [0.4, 0.5) is 5.69 Å². The molecule has 7 heteroatoms. The molecule has 0 atom stereocenters. The molecule has 112 valence electrons. The molecule has 1 aromatic carbocycles. The average Bonchev–Trinajstić information content (AvgIpc) is 2.93. The number of carbonyl (C=O) groups is 1. The number of nitrogens with one attached hydrogen (secondary N) is 1. The molecule has 0 aliphatic heterocycles. The van der Waals surface area contributed by atoms with Crippen LogP contribution in [0.3, 0.4) is 0 Å². The summed E-state index contributed by atoms with van der Waals surface area (Å²) < 4.78 is 26.8. The number of thiophene rings is 1. The third-order valence-corrected chi connectivity index (χ3v) is 5.93. The van der Waals surface area contributed by atoms with Crippen molar-refractivity contribution < 1.29 is 18.3 Å². The van der Waals surface area contributed by atoms with Crippen molar-refractivity contribution in [3.05, 3.63) is 47.3 Å². The van der Waals surface area contributed by atoms with E-state index >= 15 is 0 Å². The van der Waals surface area contributed by atoms with Crippen LogP contribution in [-0.2, 0) is 20.2 Å². The van der Waals surface area contributed by atoms with Gasteiger partial charge in [0.15, 0.2) is 0 Å². The van der Waals surface area contributed by atoms with Crippen LogP contribution in [0.2, 0.25) is 0 Å². The Morgan fingerprint density at radius 2 is 1.81 bits per heavy atom. The quantitative estimate of drug-likeness (QED) is 0.885. The van der Waals surface area contributed by atoms with Gasteiger partial charge in [-0.25, -0.2) is 8.42 Å². The van der Waals surface area contributed by atoms with Gasteiger partial charge in [0.25, 0.3) is 10.0 Å². The predicted octanol–water partition coefficient (Wildman–Crippen LogP) is 2.91. The summed E-state index contributed by atoms with van der Waals surface area (Å²) in [6, 6.07) is 9.53. The number of carboxylic acid groups (broad SMARTS) is 1. The molecule has 0 amide bonds. The van der Waals surface area contributed by atoms with Gasteiger partial charge >= 0.3 is 5.97 Å². The van der Waals surface area contributed by atoms with Crippen LogP contribution in [0.25, 0.3) is 0 Å². The smallest absolute Gasteiger partial charge is 0.313 e. The van der Waals surface area contributed by atoms with Crippen molar-refractivity contribution in [3.63, 3.8) is 0 Å². The highest BCUT2D eigenvalue weighted by atomic mass is 32.2. The molecular formula is C14H15NO4S2. The number of sulfonamides is 1. The third-order valence-electron chi connectivity index (χ3n) is 3.15. The lowest BCUT2D eigenvalue weighted by molar-refractivity contribution is -0.142. The van der Waals surface area contributed by atoms with Crippen molar-refractivity contribution in [2.75, 3.05) is 4.72 Å². The molecule has 0 bridgehead atoms. The van der Waals surface area contributed by atoms with Crippen molar-refractivity contribution in [1.29, 1.82) is 0 Å². The normalized spacial score (nSPS) is 12.1. The molecule has 0 radical (unpaired) electrons. The molecule has 5 nitrogen and oxygen atoms in total. The van der Waals surface area contributed by atoms with Gasteiger partial charge in [-0.1, -0.05) is 18.2 Å². The second-order valence-corrected chi connectivity index (χ2v) is 7.90. The Morgan fingerprint density at radius 1 is 1.19 bits per heavy atom. The van der Waals surface area contributed by atoms with Gasteiger partial charge in [-0.2, -0.15) is 0 Å².